The molecule has 2 aromatic carbocycles. The Morgan fingerprint density at radius 3 is 2.43 bits per heavy atom. The number of amides is 1. The van der Waals surface area contributed by atoms with Gasteiger partial charge in [-0.25, -0.2) is 4.98 Å². The van der Waals surface area contributed by atoms with E-state index in [1.54, 1.807) is 0 Å². The number of unbranched alkanes of at least 4 members (excludes halogenated alkanes) is 1. The Morgan fingerprint density at radius 2 is 1.73 bits per heavy atom. The van der Waals surface area contributed by atoms with Gasteiger partial charge in [0.1, 0.15) is 0 Å². The summed E-state index contributed by atoms with van der Waals surface area (Å²) in [5.74, 6) is 0.786. The summed E-state index contributed by atoms with van der Waals surface area (Å²) in [5, 5.41) is 6.40. The minimum Gasteiger partial charge on any atom is -0.352 e. The summed E-state index contributed by atoms with van der Waals surface area (Å²) >= 11 is 0. The van der Waals surface area contributed by atoms with Gasteiger partial charge in [0.05, 0.1) is 11.0 Å². The Hall–Kier alpha value is -2.86. The van der Waals surface area contributed by atoms with Crippen LogP contribution >= 0.6 is 0 Å². The van der Waals surface area contributed by atoms with Crippen molar-refractivity contribution in [3.63, 3.8) is 0 Å². The largest absolute Gasteiger partial charge is 0.352 e. The number of benzene rings is 2. The monoisotopic (exact) mass is 407 g/mol. The van der Waals surface area contributed by atoms with Crippen molar-refractivity contribution in [1.82, 2.24) is 19.8 Å². The van der Waals surface area contributed by atoms with Crippen LogP contribution in [-0.2, 0) is 6.54 Å². The third kappa shape index (κ3) is 5.39. The molecule has 0 bridgehead atoms. The molecule has 3 rings (SSSR count). The lowest BCUT2D eigenvalue weighted by Crippen LogP contribution is -2.27. The van der Waals surface area contributed by atoms with Crippen LogP contribution in [0.1, 0.15) is 44.0 Å². The molecule has 1 amide bonds. The summed E-state index contributed by atoms with van der Waals surface area (Å²) in [5.41, 5.74) is 3.67. The first-order valence-corrected chi connectivity index (χ1v) is 11.0. The minimum absolute atomic E-state index is 0.0230. The average Bonchev–Trinajstić information content (AvgIpc) is 3.13. The normalized spacial score (nSPS) is 11.2. The smallest absolute Gasteiger partial charge is 0.251 e. The minimum atomic E-state index is -0.0230. The van der Waals surface area contributed by atoms with Gasteiger partial charge < -0.3 is 20.1 Å². The fraction of sp³-hybridized carbons (Fsp3) is 0.417. The van der Waals surface area contributed by atoms with E-state index in [1.165, 1.54) is 0 Å². The van der Waals surface area contributed by atoms with Gasteiger partial charge in [-0.2, -0.15) is 0 Å². The summed E-state index contributed by atoms with van der Waals surface area (Å²) in [6, 6.07) is 15.7. The van der Waals surface area contributed by atoms with E-state index in [9.17, 15) is 4.79 Å². The maximum atomic E-state index is 12.4. The molecular weight excluding hydrogens is 374 g/mol. The van der Waals surface area contributed by atoms with E-state index >= 15 is 0 Å². The van der Waals surface area contributed by atoms with Gasteiger partial charge >= 0.3 is 0 Å². The van der Waals surface area contributed by atoms with Crippen LogP contribution in [0.2, 0.25) is 0 Å². The quantitative estimate of drug-likeness (QED) is 0.454. The maximum Gasteiger partial charge on any atom is 0.251 e. The van der Waals surface area contributed by atoms with Crippen molar-refractivity contribution in [2.75, 3.05) is 31.5 Å². The first-order valence-electron chi connectivity index (χ1n) is 11.0. The van der Waals surface area contributed by atoms with Gasteiger partial charge in [-0.1, -0.05) is 26.0 Å². The van der Waals surface area contributed by atoms with E-state index in [2.05, 4.69) is 51.9 Å². The zero-order chi connectivity index (χ0) is 21.3. The number of carbonyl (C=O) groups excluding carboxylic acids is 1. The number of aromatic nitrogens is 2. The molecule has 0 aliphatic carbocycles. The van der Waals surface area contributed by atoms with Crippen LogP contribution in [0.15, 0.2) is 48.5 Å². The van der Waals surface area contributed by atoms with E-state index in [-0.39, 0.29) is 5.91 Å². The van der Waals surface area contributed by atoms with Crippen molar-refractivity contribution in [3.05, 3.63) is 54.1 Å². The molecule has 1 aromatic heterocycles. The molecule has 3 aromatic rings. The summed E-state index contributed by atoms with van der Waals surface area (Å²) in [6.07, 6.45) is 2.10. The van der Waals surface area contributed by atoms with Crippen LogP contribution in [0, 0.1) is 0 Å². The molecule has 0 saturated heterocycles. The highest BCUT2D eigenvalue weighted by Gasteiger charge is 2.10. The molecular formula is C24H33N5O. The standard InChI is InChI=1S/C24H33N5O/c1-4-28(5-2)18-10-9-17-25-23(30)19-13-15-20(16-14-19)26-24-27-21-11-7-8-12-22(21)29(24)6-3/h7-8,11-16H,4-6,9-10,17-18H2,1-3H3,(H,25,30)(H,26,27). The summed E-state index contributed by atoms with van der Waals surface area (Å²) in [7, 11) is 0. The van der Waals surface area contributed by atoms with E-state index in [1.807, 2.05) is 42.5 Å². The van der Waals surface area contributed by atoms with Crippen molar-refractivity contribution in [2.24, 2.45) is 0 Å². The number of nitrogens with one attached hydrogen (secondary N) is 2. The number of hydrogen-bond acceptors (Lipinski definition) is 4. The number of nitrogens with zero attached hydrogens (tertiary/aromatic N) is 3. The molecule has 0 spiro atoms. The summed E-state index contributed by atoms with van der Waals surface area (Å²) in [4.78, 5) is 19.5. The molecule has 6 nitrogen and oxygen atoms in total. The zero-order valence-electron chi connectivity index (χ0n) is 18.3. The molecule has 2 N–H and O–H groups in total. The average molecular weight is 408 g/mol. The zero-order valence-corrected chi connectivity index (χ0v) is 18.3. The Kier molecular flexibility index (Phi) is 7.85. The number of imidazole rings is 1. The van der Waals surface area contributed by atoms with Gasteiger partial charge in [-0.05, 0) is 75.8 Å². The Balaban J connectivity index is 1.53. The number of carbonyl (C=O) groups is 1. The van der Waals surface area contributed by atoms with Crippen LogP contribution in [0.25, 0.3) is 11.0 Å². The molecule has 1 heterocycles. The first kappa shape index (κ1) is 21.8. The molecule has 6 heteroatoms. The topological polar surface area (TPSA) is 62.2 Å². The van der Waals surface area contributed by atoms with E-state index in [4.69, 9.17) is 0 Å². The van der Waals surface area contributed by atoms with Crippen molar-refractivity contribution >= 4 is 28.6 Å². The third-order valence-corrected chi connectivity index (χ3v) is 5.46. The number of anilines is 2. The number of aryl methyl sites for hydroxylation is 1. The van der Waals surface area contributed by atoms with E-state index in [0.29, 0.717) is 12.1 Å². The molecule has 0 aliphatic rings. The van der Waals surface area contributed by atoms with Gasteiger partial charge in [-0.15, -0.1) is 0 Å². The van der Waals surface area contributed by atoms with Crippen molar-refractivity contribution in [2.45, 2.75) is 40.2 Å². The second-order valence-electron chi connectivity index (χ2n) is 7.36. The molecule has 0 unspecified atom stereocenters. The lowest BCUT2D eigenvalue weighted by Gasteiger charge is -2.17. The van der Waals surface area contributed by atoms with Crippen LogP contribution in [0.4, 0.5) is 11.6 Å². The lowest BCUT2D eigenvalue weighted by atomic mass is 10.2. The predicted molar refractivity (Wildman–Crippen MR) is 124 cm³/mol. The number of hydrogen-bond donors (Lipinski definition) is 2. The SMILES string of the molecule is CCN(CC)CCCCNC(=O)c1ccc(Nc2nc3ccccc3n2CC)cc1. The highest BCUT2D eigenvalue weighted by atomic mass is 16.1. The molecule has 0 saturated carbocycles. The van der Waals surface area contributed by atoms with Crippen molar-refractivity contribution in [3.8, 4) is 0 Å². The molecule has 30 heavy (non-hydrogen) atoms. The van der Waals surface area contributed by atoms with E-state index in [0.717, 1.165) is 61.7 Å². The number of para-hydroxylation sites is 2. The Labute approximate surface area is 179 Å². The van der Waals surface area contributed by atoms with Gasteiger partial charge in [0.15, 0.2) is 0 Å². The first-order chi connectivity index (χ1) is 14.7. The molecule has 160 valence electrons. The van der Waals surface area contributed by atoms with Gasteiger partial charge in [0, 0.05) is 24.3 Å². The van der Waals surface area contributed by atoms with Gasteiger partial charge in [-0.3, -0.25) is 4.79 Å². The lowest BCUT2D eigenvalue weighted by molar-refractivity contribution is 0.0952. The fourth-order valence-corrected chi connectivity index (χ4v) is 3.63. The highest BCUT2D eigenvalue weighted by Crippen LogP contribution is 2.22. The molecule has 0 fully saturated rings. The number of fused-ring (bicyclic) bond motifs is 1. The predicted octanol–water partition coefficient (Wildman–Crippen LogP) is 4.65. The van der Waals surface area contributed by atoms with Gasteiger partial charge in [0.25, 0.3) is 5.91 Å². The number of rotatable bonds is 11. The summed E-state index contributed by atoms with van der Waals surface area (Å²) < 4.78 is 2.15. The van der Waals surface area contributed by atoms with Crippen molar-refractivity contribution in [1.29, 1.82) is 0 Å². The second kappa shape index (κ2) is 10.8. The molecule has 0 aliphatic heterocycles. The maximum absolute atomic E-state index is 12.4. The molecule has 0 atom stereocenters. The Morgan fingerprint density at radius 1 is 1.00 bits per heavy atom. The van der Waals surface area contributed by atoms with E-state index < -0.39 is 0 Å². The second-order valence-corrected chi connectivity index (χ2v) is 7.36. The third-order valence-electron chi connectivity index (χ3n) is 5.46. The van der Waals surface area contributed by atoms with Crippen LogP contribution in [-0.4, -0.2) is 46.5 Å². The molecule has 0 radical (unpaired) electrons. The van der Waals surface area contributed by atoms with Crippen LogP contribution in [0.3, 0.4) is 0 Å². The highest BCUT2D eigenvalue weighted by molar-refractivity contribution is 5.94. The summed E-state index contributed by atoms with van der Waals surface area (Å²) in [6.45, 7) is 11.3. The van der Waals surface area contributed by atoms with Crippen molar-refractivity contribution < 1.29 is 4.79 Å². The van der Waals surface area contributed by atoms with Crippen LogP contribution in [0.5, 0.6) is 0 Å². The van der Waals surface area contributed by atoms with Crippen LogP contribution < -0.4 is 10.6 Å². The van der Waals surface area contributed by atoms with Gasteiger partial charge in [0.2, 0.25) is 5.95 Å². The fourth-order valence-electron chi connectivity index (χ4n) is 3.63. The Bertz CT molecular complexity index is 944.